The number of amides is 1. The Hall–Kier alpha value is -0.710. The fraction of sp³-hybridized carbons (Fsp3) is 0.533. The SMILES string of the molecule is CCSC1CCC(NCC(=O)Nc2ccc(Cl)cc2)C1. The molecule has 1 fully saturated rings. The first kappa shape index (κ1) is 15.7. The molecule has 2 atom stereocenters. The van der Waals surface area contributed by atoms with Gasteiger partial charge in [-0.2, -0.15) is 11.8 Å². The molecule has 0 saturated heterocycles. The molecule has 110 valence electrons. The number of anilines is 1. The highest BCUT2D eigenvalue weighted by Gasteiger charge is 2.24. The third kappa shape index (κ3) is 5.00. The summed E-state index contributed by atoms with van der Waals surface area (Å²) in [7, 11) is 0. The average Bonchev–Trinajstić information content (AvgIpc) is 2.87. The van der Waals surface area contributed by atoms with Crippen molar-refractivity contribution in [1.29, 1.82) is 0 Å². The van der Waals surface area contributed by atoms with Gasteiger partial charge in [0.15, 0.2) is 0 Å². The molecule has 1 aromatic carbocycles. The second-order valence-corrected chi connectivity index (χ2v) is 7.04. The van der Waals surface area contributed by atoms with Crippen LogP contribution in [0.5, 0.6) is 0 Å². The van der Waals surface area contributed by atoms with Gasteiger partial charge >= 0.3 is 0 Å². The molecule has 2 rings (SSSR count). The highest BCUT2D eigenvalue weighted by molar-refractivity contribution is 7.99. The highest BCUT2D eigenvalue weighted by atomic mass is 35.5. The molecule has 0 aromatic heterocycles. The number of benzene rings is 1. The standard InChI is InChI=1S/C15H21ClN2OS/c1-2-20-14-8-7-13(9-14)17-10-15(19)18-12-5-3-11(16)4-6-12/h3-6,13-14,17H,2,7-10H2,1H3,(H,18,19). The van der Waals surface area contributed by atoms with E-state index in [9.17, 15) is 4.79 Å². The molecule has 0 spiro atoms. The van der Waals surface area contributed by atoms with Gasteiger partial charge in [0.25, 0.3) is 0 Å². The molecule has 1 aliphatic rings. The summed E-state index contributed by atoms with van der Waals surface area (Å²) < 4.78 is 0. The van der Waals surface area contributed by atoms with Crippen LogP contribution in [0.4, 0.5) is 5.69 Å². The normalized spacial score (nSPS) is 21.9. The van der Waals surface area contributed by atoms with Crippen molar-refractivity contribution in [2.45, 2.75) is 37.5 Å². The van der Waals surface area contributed by atoms with Crippen molar-refractivity contribution in [3.05, 3.63) is 29.3 Å². The maximum Gasteiger partial charge on any atom is 0.238 e. The van der Waals surface area contributed by atoms with Crippen molar-refractivity contribution < 1.29 is 4.79 Å². The van der Waals surface area contributed by atoms with Crippen LogP contribution in [-0.2, 0) is 4.79 Å². The zero-order chi connectivity index (χ0) is 14.4. The molecule has 20 heavy (non-hydrogen) atoms. The van der Waals surface area contributed by atoms with Gasteiger partial charge in [0.2, 0.25) is 5.91 Å². The van der Waals surface area contributed by atoms with Crippen LogP contribution in [0.3, 0.4) is 0 Å². The van der Waals surface area contributed by atoms with E-state index >= 15 is 0 Å². The summed E-state index contributed by atoms with van der Waals surface area (Å²) in [4.78, 5) is 11.8. The van der Waals surface area contributed by atoms with Crippen molar-refractivity contribution in [2.75, 3.05) is 17.6 Å². The fourth-order valence-electron chi connectivity index (χ4n) is 2.49. The number of carbonyl (C=O) groups excluding carboxylic acids is 1. The number of halogens is 1. The summed E-state index contributed by atoms with van der Waals surface area (Å²) >= 11 is 7.84. The minimum Gasteiger partial charge on any atom is -0.325 e. The average molecular weight is 313 g/mol. The van der Waals surface area contributed by atoms with Crippen LogP contribution in [0.2, 0.25) is 5.02 Å². The predicted molar refractivity (Wildman–Crippen MR) is 87.6 cm³/mol. The first-order chi connectivity index (χ1) is 9.67. The third-order valence-corrected chi connectivity index (χ3v) is 4.95. The zero-order valence-electron chi connectivity index (χ0n) is 11.7. The van der Waals surface area contributed by atoms with Gasteiger partial charge < -0.3 is 10.6 Å². The summed E-state index contributed by atoms with van der Waals surface area (Å²) in [5, 5.41) is 7.65. The summed E-state index contributed by atoms with van der Waals surface area (Å²) in [5.41, 5.74) is 0.784. The Morgan fingerprint density at radius 3 is 2.80 bits per heavy atom. The number of nitrogens with one attached hydrogen (secondary N) is 2. The lowest BCUT2D eigenvalue weighted by atomic mass is 10.2. The van der Waals surface area contributed by atoms with Gasteiger partial charge in [-0.3, -0.25) is 4.79 Å². The molecule has 0 heterocycles. The van der Waals surface area contributed by atoms with E-state index in [1.807, 2.05) is 23.9 Å². The molecule has 1 amide bonds. The lowest BCUT2D eigenvalue weighted by Crippen LogP contribution is -2.34. The van der Waals surface area contributed by atoms with Crippen molar-refractivity contribution in [1.82, 2.24) is 5.32 Å². The molecule has 0 aliphatic heterocycles. The Morgan fingerprint density at radius 2 is 2.10 bits per heavy atom. The van der Waals surface area contributed by atoms with Crippen LogP contribution >= 0.6 is 23.4 Å². The van der Waals surface area contributed by atoms with Gasteiger partial charge in [-0.05, 0) is 49.3 Å². The molecule has 0 bridgehead atoms. The Labute approximate surface area is 129 Å². The van der Waals surface area contributed by atoms with Gasteiger partial charge in [0, 0.05) is 22.0 Å². The van der Waals surface area contributed by atoms with Crippen molar-refractivity contribution in [2.24, 2.45) is 0 Å². The van der Waals surface area contributed by atoms with Gasteiger partial charge in [0.1, 0.15) is 0 Å². The first-order valence-electron chi connectivity index (χ1n) is 7.07. The Kier molecular flexibility index (Phi) is 6.20. The minimum absolute atomic E-state index is 0.00100. The van der Waals surface area contributed by atoms with Gasteiger partial charge in [-0.15, -0.1) is 0 Å². The van der Waals surface area contributed by atoms with Gasteiger partial charge in [-0.1, -0.05) is 18.5 Å². The monoisotopic (exact) mass is 312 g/mol. The van der Waals surface area contributed by atoms with Crippen LogP contribution < -0.4 is 10.6 Å². The maximum atomic E-state index is 11.8. The lowest BCUT2D eigenvalue weighted by molar-refractivity contribution is -0.115. The molecule has 5 heteroatoms. The van der Waals surface area contributed by atoms with Gasteiger partial charge in [-0.25, -0.2) is 0 Å². The number of hydrogen-bond donors (Lipinski definition) is 2. The summed E-state index contributed by atoms with van der Waals surface area (Å²) in [6.45, 7) is 2.57. The van der Waals surface area contributed by atoms with Crippen LogP contribution in [0.1, 0.15) is 26.2 Å². The minimum atomic E-state index is -0.00100. The Bertz CT molecular complexity index is 438. The number of hydrogen-bond acceptors (Lipinski definition) is 3. The Morgan fingerprint density at radius 1 is 1.35 bits per heavy atom. The van der Waals surface area contributed by atoms with E-state index in [1.165, 1.54) is 25.0 Å². The van der Waals surface area contributed by atoms with Crippen molar-refractivity contribution in [3.63, 3.8) is 0 Å². The van der Waals surface area contributed by atoms with Crippen molar-refractivity contribution >= 4 is 35.0 Å². The highest BCUT2D eigenvalue weighted by Crippen LogP contribution is 2.29. The van der Waals surface area contributed by atoms with E-state index in [4.69, 9.17) is 11.6 Å². The van der Waals surface area contributed by atoms with Crippen LogP contribution in [0.25, 0.3) is 0 Å². The van der Waals surface area contributed by atoms with Crippen LogP contribution in [0, 0.1) is 0 Å². The molecular formula is C15H21ClN2OS. The van der Waals surface area contributed by atoms with Crippen LogP contribution in [-0.4, -0.2) is 29.5 Å². The van der Waals surface area contributed by atoms with Gasteiger partial charge in [0.05, 0.1) is 6.54 Å². The van der Waals surface area contributed by atoms with E-state index in [-0.39, 0.29) is 5.91 Å². The quantitative estimate of drug-likeness (QED) is 0.844. The van der Waals surface area contributed by atoms with Crippen molar-refractivity contribution in [3.8, 4) is 0 Å². The number of rotatable bonds is 6. The Balaban J connectivity index is 1.69. The summed E-state index contributed by atoms with van der Waals surface area (Å²) in [6.07, 6.45) is 3.60. The molecule has 1 saturated carbocycles. The zero-order valence-corrected chi connectivity index (χ0v) is 13.3. The molecular weight excluding hydrogens is 292 g/mol. The molecule has 2 unspecified atom stereocenters. The van der Waals surface area contributed by atoms with E-state index in [1.54, 1.807) is 12.1 Å². The first-order valence-corrected chi connectivity index (χ1v) is 8.50. The molecule has 2 N–H and O–H groups in total. The predicted octanol–water partition coefficient (Wildman–Crippen LogP) is 3.54. The molecule has 0 radical (unpaired) electrons. The maximum absolute atomic E-state index is 11.8. The lowest BCUT2D eigenvalue weighted by Gasteiger charge is -2.13. The number of carbonyl (C=O) groups is 1. The second-order valence-electron chi connectivity index (χ2n) is 5.02. The van der Waals surface area contributed by atoms with E-state index in [0.717, 1.165) is 10.9 Å². The van der Waals surface area contributed by atoms with E-state index < -0.39 is 0 Å². The summed E-state index contributed by atoms with van der Waals surface area (Å²) in [6, 6.07) is 7.64. The van der Waals surface area contributed by atoms with E-state index in [0.29, 0.717) is 17.6 Å². The number of thioether (sulfide) groups is 1. The molecule has 1 aliphatic carbocycles. The second kappa shape index (κ2) is 7.91. The molecule has 3 nitrogen and oxygen atoms in total. The fourth-order valence-corrected chi connectivity index (χ4v) is 3.76. The third-order valence-electron chi connectivity index (χ3n) is 3.47. The largest absolute Gasteiger partial charge is 0.325 e. The van der Waals surface area contributed by atoms with Crippen LogP contribution in [0.15, 0.2) is 24.3 Å². The summed E-state index contributed by atoms with van der Waals surface area (Å²) in [5.74, 6) is 1.17. The topological polar surface area (TPSA) is 41.1 Å². The van der Waals surface area contributed by atoms with E-state index in [2.05, 4.69) is 17.6 Å². The molecule has 1 aromatic rings. The smallest absolute Gasteiger partial charge is 0.238 e.